The molecule has 0 heterocycles. The second-order valence-corrected chi connectivity index (χ2v) is 5.80. The van der Waals surface area contributed by atoms with Crippen LogP contribution in [0, 0.1) is 10.1 Å². The summed E-state index contributed by atoms with van der Waals surface area (Å²) in [5.41, 5.74) is 3.65. The first kappa shape index (κ1) is 16.2. The van der Waals surface area contributed by atoms with Crippen molar-refractivity contribution in [2.45, 2.75) is 0 Å². The third-order valence-electron chi connectivity index (χ3n) is 2.37. The van der Waals surface area contributed by atoms with Gasteiger partial charge in [-0.1, -0.05) is 37.0 Å². The van der Waals surface area contributed by atoms with Gasteiger partial charge in [-0.15, -0.1) is 0 Å². The summed E-state index contributed by atoms with van der Waals surface area (Å²) in [5.74, 6) is -0.633. The van der Waals surface area contributed by atoms with Crippen LogP contribution in [0.1, 0.15) is 0 Å². The van der Waals surface area contributed by atoms with Crippen LogP contribution < -0.4 is 5.43 Å². The number of guanidine groups is 1. The number of nitrogens with zero attached hydrogens (tertiary/aromatic N) is 4. The molecule has 0 fully saturated rings. The number of azo groups is 1. The van der Waals surface area contributed by atoms with Gasteiger partial charge in [0.1, 0.15) is 5.69 Å². The molecule has 2 rings (SSSR count). The van der Waals surface area contributed by atoms with Gasteiger partial charge in [-0.25, -0.2) is 5.43 Å². The monoisotopic (exact) mass is 425 g/mol. The number of hydrogen-bond acceptors (Lipinski definition) is 5. The summed E-state index contributed by atoms with van der Waals surface area (Å²) in [4.78, 5) is 10.2. The van der Waals surface area contributed by atoms with Gasteiger partial charge in [-0.2, -0.15) is 0 Å². The number of rotatable bonds is 3. The van der Waals surface area contributed by atoms with Crippen molar-refractivity contribution in [1.82, 2.24) is 0 Å². The van der Waals surface area contributed by atoms with Gasteiger partial charge in [0.15, 0.2) is 0 Å². The van der Waals surface area contributed by atoms with E-state index in [1.165, 1.54) is 0 Å². The zero-order chi connectivity index (χ0) is 15.9. The largest absolute Gasteiger partial charge is 0.511 e. The van der Waals surface area contributed by atoms with E-state index in [2.05, 4.69) is 52.6 Å². The zero-order valence-electron chi connectivity index (χ0n) is 11.0. The van der Waals surface area contributed by atoms with E-state index in [4.69, 9.17) is 0 Å². The van der Waals surface area contributed by atoms with Crippen LogP contribution in [0.4, 0.5) is 11.4 Å². The van der Waals surface area contributed by atoms with Crippen LogP contribution in [0.15, 0.2) is 72.8 Å². The van der Waals surface area contributed by atoms with Crippen molar-refractivity contribution >= 4 is 49.2 Å². The van der Waals surface area contributed by atoms with Crippen LogP contribution in [0.25, 0.3) is 0 Å². The Balaban J connectivity index is 2.12. The quantitative estimate of drug-likeness (QED) is 0.247. The number of nitro groups is 1. The average Bonchev–Trinajstić information content (AvgIpc) is 2.50. The van der Waals surface area contributed by atoms with Gasteiger partial charge in [0.2, 0.25) is 0 Å². The molecule has 7 nitrogen and oxygen atoms in total. The highest BCUT2D eigenvalue weighted by Crippen LogP contribution is 2.17. The molecule has 1 N–H and O–H groups in total. The molecule has 0 radical (unpaired) electrons. The Morgan fingerprint density at radius 1 is 1.00 bits per heavy atom. The molecule has 9 heteroatoms. The van der Waals surface area contributed by atoms with Crippen LogP contribution in [-0.4, -0.2) is 10.9 Å². The molecular weight excluding hydrogens is 418 g/mol. The van der Waals surface area contributed by atoms with Crippen molar-refractivity contribution in [2.75, 3.05) is 5.43 Å². The Hall–Kier alpha value is -2.13. The molecule has 0 bridgehead atoms. The van der Waals surface area contributed by atoms with Crippen molar-refractivity contribution in [3.8, 4) is 0 Å². The minimum atomic E-state index is -0.714. The Kier molecular flexibility index (Phi) is 5.73. The maximum absolute atomic E-state index is 10.9. The summed E-state index contributed by atoms with van der Waals surface area (Å²) in [6.45, 7) is 0. The molecule has 0 aromatic heterocycles. The van der Waals surface area contributed by atoms with Gasteiger partial charge in [0, 0.05) is 14.0 Å². The lowest BCUT2D eigenvalue weighted by Gasteiger charge is -1.97. The average molecular weight is 427 g/mol. The summed E-state index contributed by atoms with van der Waals surface area (Å²) in [6.07, 6.45) is 0. The van der Waals surface area contributed by atoms with Crippen molar-refractivity contribution in [2.24, 2.45) is 15.3 Å². The Morgan fingerprint density at radius 3 is 2.09 bits per heavy atom. The van der Waals surface area contributed by atoms with Crippen LogP contribution in [0.3, 0.4) is 0 Å². The molecule has 0 aliphatic heterocycles. The first-order valence-electron chi connectivity index (χ1n) is 5.95. The number of hydrogen-bond donors (Lipinski definition) is 1. The summed E-state index contributed by atoms with van der Waals surface area (Å²) < 4.78 is 1.78. The third kappa shape index (κ3) is 5.01. The van der Waals surface area contributed by atoms with E-state index >= 15 is 0 Å². The van der Waals surface area contributed by atoms with Crippen molar-refractivity contribution in [1.29, 1.82) is 0 Å². The maximum atomic E-state index is 10.9. The fourth-order valence-electron chi connectivity index (χ4n) is 1.35. The molecule has 2 aromatic carbocycles. The molecule has 22 heavy (non-hydrogen) atoms. The van der Waals surface area contributed by atoms with Gasteiger partial charge < -0.3 is 10.1 Å². The minimum absolute atomic E-state index is 0.487. The number of benzene rings is 2. The lowest BCUT2D eigenvalue weighted by molar-refractivity contribution is -0.352. The van der Waals surface area contributed by atoms with Crippen molar-refractivity contribution in [3.05, 3.63) is 67.6 Å². The first-order chi connectivity index (χ1) is 10.5. The summed E-state index contributed by atoms with van der Waals surface area (Å²) >= 11 is 6.58. The molecule has 112 valence electrons. The number of anilines is 1. The highest BCUT2D eigenvalue weighted by atomic mass is 79.9. The molecule has 0 aliphatic carbocycles. The van der Waals surface area contributed by atoms with Crippen LogP contribution in [0.2, 0.25) is 0 Å². The predicted octanol–water partition coefficient (Wildman–Crippen LogP) is 4.96. The first-order valence-corrected chi connectivity index (χ1v) is 7.54. The van der Waals surface area contributed by atoms with Gasteiger partial charge in [0.05, 0.1) is 10.8 Å². The molecular formula is C13H9Br2N5O2. The minimum Gasteiger partial charge on any atom is -0.390 e. The molecule has 0 saturated carbocycles. The standard InChI is InChI=1S/C13H9Br2N5O2/c14-9-1-5-11(6-2-9)16-18-13(20(21)22)19-17-12-7-3-10(15)4-8-12/h1-8,16H/b18-13+,19-17?. The normalized spacial score (nSPS) is 11.6. The summed E-state index contributed by atoms with van der Waals surface area (Å²) in [6, 6.07) is 13.9. The van der Waals surface area contributed by atoms with Gasteiger partial charge in [-0.3, -0.25) is 0 Å². The fourth-order valence-corrected chi connectivity index (χ4v) is 1.88. The fraction of sp³-hybridized carbons (Fsp3) is 0. The SMILES string of the molecule is O=[N+]([O-])/C(N=Nc1ccc(Br)cc1)=N/Nc1ccc(Br)cc1. The third-order valence-corrected chi connectivity index (χ3v) is 3.43. The predicted molar refractivity (Wildman–Crippen MR) is 90.9 cm³/mol. The Morgan fingerprint density at radius 2 is 1.55 bits per heavy atom. The highest BCUT2D eigenvalue weighted by Gasteiger charge is 2.12. The molecule has 0 saturated heterocycles. The lowest BCUT2D eigenvalue weighted by atomic mass is 10.3. The second kappa shape index (κ2) is 7.76. The molecule has 2 aromatic rings. The van der Waals surface area contributed by atoms with E-state index in [9.17, 15) is 10.1 Å². The maximum Gasteiger partial charge on any atom is 0.511 e. The van der Waals surface area contributed by atoms with E-state index < -0.39 is 10.9 Å². The number of nitrogens with one attached hydrogen (secondary N) is 1. The van der Waals surface area contributed by atoms with Crippen LogP contribution in [-0.2, 0) is 0 Å². The molecule has 0 amide bonds. The van der Waals surface area contributed by atoms with E-state index in [-0.39, 0.29) is 0 Å². The second-order valence-electron chi connectivity index (χ2n) is 3.96. The van der Waals surface area contributed by atoms with E-state index in [1.807, 2.05) is 0 Å². The Labute approximate surface area is 142 Å². The van der Waals surface area contributed by atoms with E-state index in [0.717, 1.165) is 8.95 Å². The van der Waals surface area contributed by atoms with Crippen molar-refractivity contribution in [3.63, 3.8) is 0 Å². The van der Waals surface area contributed by atoms with Crippen LogP contribution >= 0.6 is 31.9 Å². The summed E-state index contributed by atoms with van der Waals surface area (Å²) in [5, 5.41) is 21.9. The van der Waals surface area contributed by atoms with Gasteiger partial charge >= 0.3 is 5.96 Å². The van der Waals surface area contributed by atoms with Crippen molar-refractivity contribution < 1.29 is 4.92 Å². The van der Waals surface area contributed by atoms with E-state index in [1.54, 1.807) is 48.5 Å². The number of halogens is 2. The molecule has 0 unspecified atom stereocenters. The zero-order valence-corrected chi connectivity index (χ0v) is 14.2. The Bertz CT molecular complexity index is 714. The molecule has 0 aliphatic rings. The molecule has 0 atom stereocenters. The molecule has 0 spiro atoms. The van der Waals surface area contributed by atoms with E-state index in [0.29, 0.717) is 11.4 Å². The number of hydrazone groups is 1. The van der Waals surface area contributed by atoms with Gasteiger partial charge in [-0.05, 0) is 53.5 Å². The topological polar surface area (TPSA) is 92.2 Å². The summed E-state index contributed by atoms with van der Waals surface area (Å²) in [7, 11) is 0. The van der Waals surface area contributed by atoms with Gasteiger partial charge in [0.25, 0.3) is 0 Å². The lowest BCUT2D eigenvalue weighted by Crippen LogP contribution is -2.10. The smallest absolute Gasteiger partial charge is 0.390 e. The highest BCUT2D eigenvalue weighted by molar-refractivity contribution is 9.10. The van der Waals surface area contributed by atoms with Crippen LogP contribution in [0.5, 0.6) is 0 Å².